The van der Waals surface area contributed by atoms with Crippen molar-refractivity contribution in [1.82, 2.24) is 19.7 Å². The molecule has 27 heavy (non-hydrogen) atoms. The number of aromatic nitrogens is 3. The molecule has 1 aromatic carbocycles. The van der Waals surface area contributed by atoms with E-state index in [1.807, 2.05) is 19.9 Å². The van der Waals surface area contributed by atoms with Crippen molar-refractivity contribution in [2.45, 2.75) is 40.3 Å². The van der Waals surface area contributed by atoms with Crippen molar-refractivity contribution in [2.24, 2.45) is 0 Å². The van der Waals surface area contributed by atoms with Crippen LogP contribution in [-0.4, -0.2) is 32.1 Å². The Morgan fingerprint density at radius 1 is 1.26 bits per heavy atom. The molecular weight excluding hydrogens is 347 g/mol. The third-order valence-corrected chi connectivity index (χ3v) is 4.91. The zero-order valence-electron chi connectivity index (χ0n) is 15.6. The molecule has 0 unspecified atom stereocenters. The zero-order chi connectivity index (χ0) is 19.1. The number of benzene rings is 1. The van der Waals surface area contributed by atoms with Gasteiger partial charge in [0.1, 0.15) is 18.1 Å². The van der Waals surface area contributed by atoms with Gasteiger partial charge in [0.25, 0.3) is 0 Å². The molecule has 0 saturated carbocycles. The van der Waals surface area contributed by atoms with Crippen LogP contribution < -0.4 is 0 Å². The predicted molar refractivity (Wildman–Crippen MR) is 97.5 cm³/mol. The number of aryl methyl sites for hydroxylation is 3. The summed E-state index contributed by atoms with van der Waals surface area (Å²) in [6.45, 7) is 6.68. The van der Waals surface area contributed by atoms with Crippen LogP contribution in [0.15, 0.2) is 28.7 Å². The summed E-state index contributed by atoms with van der Waals surface area (Å²) in [4.78, 5) is 18.9. The van der Waals surface area contributed by atoms with Crippen LogP contribution >= 0.6 is 0 Å². The minimum Gasteiger partial charge on any atom is -0.444 e. The molecule has 0 saturated heterocycles. The molecule has 1 amide bonds. The zero-order valence-corrected chi connectivity index (χ0v) is 15.6. The average molecular weight is 368 g/mol. The van der Waals surface area contributed by atoms with Crippen LogP contribution in [0.4, 0.5) is 4.39 Å². The fourth-order valence-corrected chi connectivity index (χ4v) is 3.38. The molecule has 3 heterocycles. The maximum absolute atomic E-state index is 13.5. The van der Waals surface area contributed by atoms with Gasteiger partial charge in [0, 0.05) is 31.1 Å². The van der Waals surface area contributed by atoms with E-state index in [1.54, 1.807) is 28.6 Å². The molecule has 1 aliphatic rings. The van der Waals surface area contributed by atoms with Gasteiger partial charge in [0.05, 0.1) is 17.9 Å². The Morgan fingerprint density at radius 3 is 2.85 bits per heavy atom. The van der Waals surface area contributed by atoms with Gasteiger partial charge in [-0.05, 0) is 43.7 Å². The third kappa shape index (κ3) is 3.37. The summed E-state index contributed by atoms with van der Waals surface area (Å²) in [7, 11) is 0. The number of rotatable bonds is 3. The summed E-state index contributed by atoms with van der Waals surface area (Å²) in [5, 5.41) is 4.54. The third-order valence-electron chi connectivity index (χ3n) is 4.91. The van der Waals surface area contributed by atoms with Crippen molar-refractivity contribution in [3.05, 3.63) is 58.7 Å². The second kappa shape index (κ2) is 6.64. The number of carbonyl (C=O) groups is 1. The van der Waals surface area contributed by atoms with Crippen LogP contribution in [0, 0.1) is 26.6 Å². The molecule has 1 aliphatic heterocycles. The fraction of sp³-hybridized carbons (Fsp3) is 0.350. The molecule has 0 atom stereocenters. The van der Waals surface area contributed by atoms with Crippen molar-refractivity contribution >= 4 is 5.91 Å². The van der Waals surface area contributed by atoms with Crippen molar-refractivity contribution < 1.29 is 13.6 Å². The molecule has 0 bridgehead atoms. The highest BCUT2D eigenvalue weighted by Crippen LogP contribution is 2.23. The Hall–Kier alpha value is -2.96. The summed E-state index contributed by atoms with van der Waals surface area (Å²) in [6.07, 6.45) is 0.705. The van der Waals surface area contributed by atoms with E-state index < -0.39 is 0 Å². The topological polar surface area (TPSA) is 64.2 Å². The Labute approximate surface area is 156 Å². The Balaban J connectivity index is 1.50. The average Bonchev–Trinajstić information content (AvgIpc) is 3.18. The molecule has 0 radical (unpaired) electrons. The maximum atomic E-state index is 13.5. The minimum absolute atomic E-state index is 0.0114. The molecule has 140 valence electrons. The first-order chi connectivity index (χ1) is 12.9. The largest absolute Gasteiger partial charge is 0.444 e. The lowest BCUT2D eigenvalue weighted by molar-refractivity contribution is -0.133. The molecule has 0 aliphatic carbocycles. The number of amides is 1. The van der Waals surface area contributed by atoms with E-state index in [0.717, 1.165) is 28.4 Å². The molecular formula is C20H21FN4O2. The molecule has 2 aromatic heterocycles. The van der Waals surface area contributed by atoms with Gasteiger partial charge in [-0.25, -0.2) is 9.37 Å². The number of nitrogens with zero attached hydrogens (tertiary/aromatic N) is 4. The number of fused-ring (bicyclic) bond motifs is 1. The summed E-state index contributed by atoms with van der Waals surface area (Å²) in [5.74, 6) is 1.16. The van der Waals surface area contributed by atoms with Crippen LogP contribution in [-0.2, 0) is 24.3 Å². The quantitative estimate of drug-likeness (QED) is 0.712. The van der Waals surface area contributed by atoms with Crippen LogP contribution in [0.5, 0.6) is 0 Å². The van der Waals surface area contributed by atoms with E-state index in [9.17, 15) is 9.18 Å². The number of hydrogen-bond donors (Lipinski definition) is 0. The van der Waals surface area contributed by atoms with Crippen molar-refractivity contribution in [3.8, 4) is 11.3 Å². The normalized spacial score (nSPS) is 13.7. The second-order valence-electron chi connectivity index (χ2n) is 6.96. The van der Waals surface area contributed by atoms with Crippen molar-refractivity contribution in [1.29, 1.82) is 0 Å². The summed E-state index contributed by atoms with van der Waals surface area (Å²) in [6, 6.07) is 6.82. The molecule has 0 fully saturated rings. The first-order valence-electron chi connectivity index (χ1n) is 8.94. The molecule has 6 nitrogen and oxygen atoms in total. The first-order valence-corrected chi connectivity index (χ1v) is 8.94. The first kappa shape index (κ1) is 17.5. The highest BCUT2D eigenvalue weighted by molar-refractivity contribution is 5.76. The SMILES string of the molecule is Cc1nc2c(o1)CN(C(=O)Cn1nc(-c3ccc(F)c(C)c3)cc1C)CC2. The van der Waals surface area contributed by atoms with Crippen LogP contribution in [0.1, 0.15) is 28.6 Å². The van der Waals surface area contributed by atoms with Crippen LogP contribution in [0.3, 0.4) is 0 Å². The van der Waals surface area contributed by atoms with Gasteiger partial charge in [-0.15, -0.1) is 0 Å². The predicted octanol–water partition coefficient (Wildman–Crippen LogP) is 3.19. The van der Waals surface area contributed by atoms with E-state index in [1.165, 1.54) is 6.07 Å². The van der Waals surface area contributed by atoms with Gasteiger partial charge in [-0.2, -0.15) is 5.10 Å². The van der Waals surface area contributed by atoms with Crippen LogP contribution in [0.2, 0.25) is 0 Å². The molecule has 0 N–H and O–H groups in total. The van der Waals surface area contributed by atoms with Gasteiger partial charge in [-0.3, -0.25) is 9.48 Å². The molecule has 3 aromatic rings. The summed E-state index contributed by atoms with van der Waals surface area (Å²) in [5.41, 5.74) is 3.97. The molecule has 0 spiro atoms. The van der Waals surface area contributed by atoms with Crippen LogP contribution in [0.25, 0.3) is 11.3 Å². The van der Waals surface area contributed by atoms with E-state index in [0.29, 0.717) is 31.0 Å². The standard InChI is InChI=1S/C20H21FN4O2/c1-12-8-15(4-5-16(12)21)18-9-13(2)25(23-18)11-20(26)24-7-6-17-19(10-24)27-14(3)22-17/h4-5,8-9H,6-7,10-11H2,1-3H3. The van der Waals surface area contributed by atoms with Gasteiger partial charge in [0.15, 0.2) is 5.89 Å². The Bertz CT molecular complexity index is 1020. The Kier molecular flexibility index (Phi) is 4.30. The van der Waals surface area contributed by atoms with Gasteiger partial charge >= 0.3 is 0 Å². The minimum atomic E-state index is -0.239. The molecule has 7 heteroatoms. The van der Waals surface area contributed by atoms with Gasteiger partial charge in [0.2, 0.25) is 5.91 Å². The van der Waals surface area contributed by atoms with Crippen molar-refractivity contribution in [3.63, 3.8) is 0 Å². The number of hydrogen-bond acceptors (Lipinski definition) is 4. The van der Waals surface area contributed by atoms with E-state index in [-0.39, 0.29) is 18.3 Å². The Morgan fingerprint density at radius 2 is 2.07 bits per heavy atom. The van der Waals surface area contributed by atoms with Gasteiger partial charge in [-0.1, -0.05) is 0 Å². The smallest absolute Gasteiger partial charge is 0.244 e. The lowest BCUT2D eigenvalue weighted by Gasteiger charge is -2.25. The summed E-state index contributed by atoms with van der Waals surface area (Å²) >= 11 is 0. The monoisotopic (exact) mass is 368 g/mol. The number of oxazole rings is 1. The highest BCUT2D eigenvalue weighted by Gasteiger charge is 2.25. The van der Waals surface area contributed by atoms with Crippen molar-refractivity contribution in [2.75, 3.05) is 6.54 Å². The van der Waals surface area contributed by atoms with E-state index >= 15 is 0 Å². The lowest BCUT2D eigenvalue weighted by Crippen LogP contribution is -2.38. The number of halogens is 1. The van der Waals surface area contributed by atoms with E-state index in [2.05, 4.69) is 10.1 Å². The highest BCUT2D eigenvalue weighted by atomic mass is 19.1. The molecule has 4 rings (SSSR count). The summed E-state index contributed by atoms with van der Waals surface area (Å²) < 4.78 is 20.8. The lowest BCUT2D eigenvalue weighted by atomic mass is 10.1. The van der Waals surface area contributed by atoms with Gasteiger partial charge < -0.3 is 9.32 Å². The second-order valence-corrected chi connectivity index (χ2v) is 6.96. The number of carbonyl (C=O) groups excluding carboxylic acids is 1. The maximum Gasteiger partial charge on any atom is 0.244 e. The van der Waals surface area contributed by atoms with E-state index in [4.69, 9.17) is 4.42 Å². The fourth-order valence-electron chi connectivity index (χ4n) is 3.38.